The third kappa shape index (κ3) is 2.94. The van der Waals surface area contributed by atoms with Gasteiger partial charge in [-0.2, -0.15) is 0 Å². The summed E-state index contributed by atoms with van der Waals surface area (Å²) in [6.07, 6.45) is 0.449. The van der Waals surface area contributed by atoms with Crippen LogP contribution < -0.4 is 0 Å². The molecule has 0 aliphatic rings. The SMILES string of the molecule is CC(C)c1onc(Cc2c(Cl)cccc2Cl)c1CO. The Kier molecular flexibility index (Phi) is 4.50. The minimum absolute atomic E-state index is 0.103. The van der Waals surface area contributed by atoms with Crippen molar-refractivity contribution in [3.8, 4) is 0 Å². The van der Waals surface area contributed by atoms with Crippen LogP contribution in [0, 0.1) is 0 Å². The predicted octanol–water partition coefficient (Wildman–Crippen LogP) is 4.19. The van der Waals surface area contributed by atoms with Gasteiger partial charge < -0.3 is 9.63 Å². The van der Waals surface area contributed by atoms with Crippen LogP contribution in [-0.2, 0) is 13.0 Å². The van der Waals surface area contributed by atoms with Crippen molar-refractivity contribution in [2.45, 2.75) is 32.8 Å². The topological polar surface area (TPSA) is 46.3 Å². The molecule has 3 nitrogen and oxygen atoms in total. The standard InChI is InChI=1S/C14H15Cl2NO2/c1-8(2)14-10(7-18)13(17-19-14)6-9-11(15)4-3-5-12(9)16/h3-5,8,18H,6-7H2,1-2H3. The van der Waals surface area contributed by atoms with E-state index in [4.69, 9.17) is 27.7 Å². The Morgan fingerprint density at radius 1 is 1.21 bits per heavy atom. The van der Waals surface area contributed by atoms with Gasteiger partial charge in [0.15, 0.2) is 0 Å². The van der Waals surface area contributed by atoms with E-state index in [9.17, 15) is 5.11 Å². The molecule has 1 aromatic carbocycles. The van der Waals surface area contributed by atoms with Crippen LogP contribution >= 0.6 is 23.2 Å². The van der Waals surface area contributed by atoms with Crippen LogP contribution in [0.25, 0.3) is 0 Å². The Hall–Kier alpha value is -1.03. The van der Waals surface area contributed by atoms with Crippen molar-refractivity contribution in [1.82, 2.24) is 5.16 Å². The summed E-state index contributed by atoms with van der Waals surface area (Å²) in [6, 6.07) is 5.36. The molecule has 1 aromatic heterocycles. The van der Waals surface area contributed by atoms with Crippen LogP contribution in [0.2, 0.25) is 10.0 Å². The highest BCUT2D eigenvalue weighted by Crippen LogP contribution is 2.30. The average molecular weight is 300 g/mol. The fourth-order valence-electron chi connectivity index (χ4n) is 1.99. The second-order valence-electron chi connectivity index (χ2n) is 4.66. The largest absolute Gasteiger partial charge is 0.391 e. The Balaban J connectivity index is 2.39. The molecule has 2 rings (SSSR count). The summed E-state index contributed by atoms with van der Waals surface area (Å²) in [5.74, 6) is 0.880. The lowest BCUT2D eigenvalue weighted by molar-refractivity contribution is 0.275. The van der Waals surface area contributed by atoms with Gasteiger partial charge in [0.1, 0.15) is 5.76 Å². The van der Waals surface area contributed by atoms with Crippen LogP contribution in [0.15, 0.2) is 22.7 Å². The van der Waals surface area contributed by atoms with Gasteiger partial charge in [0, 0.05) is 27.9 Å². The number of rotatable bonds is 4. The number of benzene rings is 1. The maximum Gasteiger partial charge on any atom is 0.145 e. The minimum atomic E-state index is -0.103. The van der Waals surface area contributed by atoms with E-state index in [0.29, 0.717) is 27.9 Å². The first-order chi connectivity index (χ1) is 9.04. The van der Waals surface area contributed by atoms with Gasteiger partial charge in [-0.3, -0.25) is 0 Å². The zero-order valence-electron chi connectivity index (χ0n) is 10.8. The van der Waals surface area contributed by atoms with Crippen molar-refractivity contribution >= 4 is 23.2 Å². The van der Waals surface area contributed by atoms with Crippen molar-refractivity contribution in [3.05, 3.63) is 50.8 Å². The smallest absolute Gasteiger partial charge is 0.145 e. The van der Waals surface area contributed by atoms with Gasteiger partial charge >= 0.3 is 0 Å². The maximum atomic E-state index is 9.49. The lowest BCUT2D eigenvalue weighted by atomic mass is 10.0. The second-order valence-corrected chi connectivity index (χ2v) is 5.48. The molecule has 1 N–H and O–H groups in total. The molecule has 102 valence electrons. The quantitative estimate of drug-likeness (QED) is 0.921. The first-order valence-corrected chi connectivity index (χ1v) is 6.81. The monoisotopic (exact) mass is 299 g/mol. The molecule has 2 aromatic rings. The zero-order chi connectivity index (χ0) is 14.0. The number of nitrogens with zero attached hydrogens (tertiary/aromatic N) is 1. The molecule has 0 radical (unpaired) electrons. The summed E-state index contributed by atoms with van der Waals surface area (Å²) < 4.78 is 5.30. The van der Waals surface area contributed by atoms with Gasteiger partial charge in [-0.15, -0.1) is 0 Å². The van der Waals surface area contributed by atoms with Gasteiger partial charge in [-0.05, 0) is 17.7 Å². The van der Waals surface area contributed by atoms with E-state index in [1.807, 2.05) is 13.8 Å². The molecule has 19 heavy (non-hydrogen) atoms. The third-order valence-electron chi connectivity index (χ3n) is 2.99. The molecular formula is C14H15Cl2NO2. The van der Waals surface area contributed by atoms with E-state index < -0.39 is 0 Å². The van der Waals surface area contributed by atoms with Crippen LogP contribution in [0.3, 0.4) is 0 Å². The maximum absolute atomic E-state index is 9.49. The molecule has 0 unspecified atom stereocenters. The Labute approximate surface area is 122 Å². The number of halogens is 2. The van der Waals surface area contributed by atoms with Crippen LogP contribution in [-0.4, -0.2) is 10.3 Å². The van der Waals surface area contributed by atoms with Gasteiger partial charge in [-0.1, -0.05) is 48.3 Å². The molecule has 0 atom stereocenters. The third-order valence-corrected chi connectivity index (χ3v) is 3.70. The van der Waals surface area contributed by atoms with Gasteiger partial charge in [0.05, 0.1) is 12.3 Å². The molecule has 0 amide bonds. The van der Waals surface area contributed by atoms with Crippen LogP contribution in [0.4, 0.5) is 0 Å². The summed E-state index contributed by atoms with van der Waals surface area (Å²) >= 11 is 12.3. The lowest BCUT2D eigenvalue weighted by Gasteiger charge is -2.06. The summed E-state index contributed by atoms with van der Waals surface area (Å²) in [4.78, 5) is 0. The Bertz CT molecular complexity index is 559. The van der Waals surface area contributed by atoms with E-state index >= 15 is 0 Å². The first-order valence-electron chi connectivity index (χ1n) is 6.05. The molecule has 1 heterocycles. The van der Waals surface area contributed by atoms with E-state index in [-0.39, 0.29) is 12.5 Å². The highest BCUT2D eigenvalue weighted by atomic mass is 35.5. The highest BCUT2D eigenvalue weighted by molar-refractivity contribution is 6.36. The van der Waals surface area contributed by atoms with Crippen LogP contribution in [0.5, 0.6) is 0 Å². The molecule has 0 saturated heterocycles. The van der Waals surface area contributed by atoms with Crippen molar-refractivity contribution < 1.29 is 9.63 Å². The van der Waals surface area contributed by atoms with E-state index in [0.717, 1.165) is 11.1 Å². The molecular weight excluding hydrogens is 285 g/mol. The molecule has 0 aliphatic heterocycles. The van der Waals surface area contributed by atoms with E-state index in [2.05, 4.69) is 5.16 Å². The van der Waals surface area contributed by atoms with E-state index in [1.165, 1.54) is 0 Å². The summed E-state index contributed by atoms with van der Waals surface area (Å²) in [6.45, 7) is 3.88. The Morgan fingerprint density at radius 2 is 1.84 bits per heavy atom. The number of aliphatic hydroxyl groups is 1. The summed E-state index contributed by atoms with van der Waals surface area (Å²) in [7, 11) is 0. The normalized spacial score (nSPS) is 11.3. The fourth-order valence-corrected chi connectivity index (χ4v) is 2.52. The lowest BCUT2D eigenvalue weighted by Crippen LogP contribution is -1.98. The molecule has 0 spiro atoms. The van der Waals surface area contributed by atoms with Gasteiger partial charge in [0.2, 0.25) is 0 Å². The fraction of sp³-hybridized carbons (Fsp3) is 0.357. The molecule has 5 heteroatoms. The number of aromatic nitrogens is 1. The predicted molar refractivity (Wildman–Crippen MR) is 75.8 cm³/mol. The van der Waals surface area contributed by atoms with Gasteiger partial charge in [0.25, 0.3) is 0 Å². The first kappa shape index (κ1) is 14.4. The minimum Gasteiger partial charge on any atom is -0.391 e. The summed E-state index contributed by atoms with van der Waals surface area (Å²) in [5.41, 5.74) is 2.20. The Morgan fingerprint density at radius 3 is 2.37 bits per heavy atom. The number of hydrogen-bond donors (Lipinski definition) is 1. The van der Waals surface area contributed by atoms with E-state index in [1.54, 1.807) is 18.2 Å². The molecule has 0 aliphatic carbocycles. The molecule has 0 saturated carbocycles. The molecule has 0 bridgehead atoms. The van der Waals surface area contributed by atoms with Crippen molar-refractivity contribution in [2.75, 3.05) is 0 Å². The second kappa shape index (κ2) is 5.95. The van der Waals surface area contributed by atoms with Crippen molar-refractivity contribution in [2.24, 2.45) is 0 Å². The average Bonchev–Trinajstić information content (AvgIpc) is 2.77. The number of aliphatic hydroxyl groups excluding tert-OH is 1. The molecule has 0 fully saturated rings. The summed E-state index contributed by atoms with van der Waals surface area (Å²) in [5, 5.41) is 14.7. The van der Waals surface area contributed by atoms with Crippen molar-refractivity contribution in [3.63, 3.8) is 0 Å². The highest BCUT2D eigenvalue weighted by Gasteiger charge is 2.19. The number of hydrogen-bond acceptors (Lipinski definition) is 3. The van der Waals surface area contributed by atoms with Gasteiger partial charge in [-0.25, -0.2) is 0 Å². The van der Waals surface area contributed by atoms with Crippen LogP contribution in [0.1, 0.15) is 42.3 Å². The van der Waals surface area contributed by atoms with Crippen molar-refractivity contribution in [1.29, 1.82) is 0 Å². The zero-order valence-corrected chi connectivity index (χ0v) is 12.3.